The molecule has 0 aliphatic rings. The number of aryl methyl sites for hydroxylation is 1. The van der Waals surface area contributed by atoms with Crippen LogP contribution in [0.3, 0.4) is 0 Å². The van der Waals surface area contributed by atoms with Crippen molar-refractivity contribution in [2.45, 2.75) is 18.4 Å². The van der Waals surface area contributed by atoms with Crippen LogP contribution >= 0.6 is 0 Å². The van der Waals surface area contributed by atoms with Gasteiger partial charge in [-0.15, -0.1) is 0 Å². The number of pyridine rings is 2. The number of carbonyl (C=O) groups excluding carboxylic acids is 1. The molecule has 18 heteroatoms. The number of hydrogen-bond acceptors (Lipinski definition) is 10. The first-order valence-corrected chi connectivity index (χ1v) is 15.8. The van der Waals surface area contributed by atoms with Crippen LogP contribution in [0.4, 0.5) is 29.1 Å². The Balaban J connectivity index is 1.30. The van der Waals surface area contributed by atoms with Crippen molar-refractivity contribution in [1.82, 2.24) is 24.7 Å². The largest absolute Gasteiger partial charge is 0.485 e. The van der Waals surface area contributed by atoms with Gasteiger partial charge in [0.1, 0.15) is 29.9 Å². The number of nitriles is 1. The predicted octanol–water partition coefficient (Wildman–Crippen LogP) is 5.65. The van der Waals surface area contributed by atoms with E-state index < -0.39 is 51.2 Å². The van der Waals surface area contributed by atoms with E-state index in [1.807, 2.05) is 0 Å². The van der Waals surface area contributed by atoms with Crippen molar-refractivity contribution in [2.24, 2.45) is 0 Å². The van der Waals surface area contributed by atoms with Gasteiger partial charge in [-0.25, -0.2) is 32.2 Å². The summed E-state index contributed by atoms with van der Waals surface area (Å²) in [6.07, 6.45) is -0.384. The average molecular weight is 707 g/mol. The van der Waals surface area contributed by atoms with Crippen LogP contribution in [0.5, 0.6) is 17.4 Å². The predicted molar refractivity (Wildman–Crippen MR) is 170 cm³/mol. The van der Waals surface area contributed by atoms with Crippen molar-refractivity contribution >= 4 is 38.2 Å². The fourth-order valence-electron chi connectivity index (χ4n) is 4.81. The quantitative estimate of drug-likeness (QED) is 0.112. The molecule has 0 amide bonds. The number of alkyl halides is 2. The number of anilines is 2. The van der Waals surface area contributed by atoms with Crippen molar-refractivity contribution in [2.75, 3.05) is 17.1 Å². The number of carbonyl (C=O) groups is 1. The van der Waals surface area contributed by atoms with Crippen LogP contribution in [0.15, 0.2) is 78.1 Å². The number of aromatic amines is 1. The number of para-hydroxylation sites is 1. The minimum absolute atomic E-state index is 0.0139. The summed E-state index contributed by atoms with van der Waals surface area (Å²) in [4.78, 5) is 24.3. The second kappa shape index (κ2) is 13.2. The lowest BCUT2D eigenvalue weighted by molar-refractivity contribution is 0.0823. The number of sulfonamides is 1. The van der Waals surface area contributed by atoms with Gasteiger partial charge in [0, 0.05) is 17.0 Å². The van der Waals surface area contributed by atoms with E-state index in [2.05, 4.69) is 24.8 Å². The van der Waals surface area contributed by atoms with E-state index in [-0.39, 0.29) is 45.6 Å². The number of halogens is 4. The number of nitrogens with two attached hydrogens (primary N) is 1. The number of rotatable bonds is 11. The van der Waals surface area contributed by atoms with Crippen LogP contribution in [-0.4, -0.2) is 52.0 Å². The molecule has 6 aromatic rings. The van der Waals surface area contributed by atoms with Crippen molar-refractivity contribution in [3.8, 4) is 29.1 Å². The van der Waals surface area contributed by atoms with E-state index in [4.69, 9.17) is 20.5 Å². The molecule has 2 aromatic carbocycles. The Morgan fingerprint density at radius 2 is 1.84 bits per heavy atom. The molecular weight excluding hydrogens is 684 g/mol. The van der Waals surface area contributed by atoms with Gasteiger partial charge in [0.15, 0.2) is 16.7 Å². The Morgan fingerprint density at radius 3 is 2.54 bits per heavy atom. The first-order chi connectivity index (χ1) is 23.8. The highest BCUT2D eigenvalue weighted by Crippen LogP contribution is 2.34. The highest BCUT2D eigenvalue weighted by atomic mass is 32.2. The summed E-state index contributed by atoms with van der Waals surface area (Å²) < 4.78 is 94.3. The number of ketones is 1. The molecular formula is C32H22F4N8O5S. The molecule has 0 aliphatic heterocycles. The molecule has 6 rings (SSSR count). The van der Waals surface area contributed by atoms with E-state index in [1.54, 1.807) is 13.0 Å². The maximum atomic E-state index is 14.0. The first kappa shape index (κ1) is 33.4. The van der Waals surface area contributed by atoms with Gasteiger partial charge >= 0.3 is 0 Å². The highest BCUT2D eigenvalue weighted by molar-refractivity contribution is 7.92. The standard InChI is InChI=1S/C32H22F4N8O5S/c1-16-8-28(49-31-20(33)5-3-6-21(31)34)39-14-25(16)44-32(38)19(13-40-44)30(45)24-9-17-10-26(48-15-27(35)36)23(11-22(17)42-24)43-50(46,47)29-7-2-4-18(12-37)41-29/h2-11,13-14,27,42-43H,15,38H2,1H3. The summed E-state index contributed by atoms with van der Waals surface area (Å²) in [7, 11) is -4.42. The summed E-state index contributed by atoms with van der Waals surface area (Å²) in [5.74, 6) is -3.55. The number of nitrogens with zero attached hydrogens (tertiary/aromatic N) is 5. The maximum absolute atomic E-state index is 14.0. The van der Waals surface area contributed by atoms with Crippen LogP contribution in [0, 0.1) is 29.9 Å². The number of hydrogen-bond donors (Lipinski definition) is 3. The third-order valence-electron chi connectivity index (χ3n) is 7.15. The molecule has 50 heavy (non-hydrogen) atoms. The van der Waals surface area contributed by atoms with Crippen LogP contribution in [0.25, 0.3) is 16.6 Å². The van der Waals surface area contributed by atoms with Gasteiger partial charge in [-0.05, 0) is 55.0 Å². The molecule has 4 N–H and O–H groups in total. The van der Waals surface area contributed by atoms with E-state index in [9.17, 15) is 30.8 Å². The lowest BCUT2D eigenvalue weighted by Gasteiger charge is -2.14. The minimum Gasteiger partial charge on any atom is -0.485 e. The summed E-state index contributed by atoms with van der Waals surface area (Å²) in [5.41, 5.74) is 6.88. The van der Waals surface area contributed by atoms with Crippen LogP contribution in [0.1, 0.15) is 27.3 Å². The van der Waals surface area contributed by atoms with E-state index in [0.717, 1.165) is 18.2 Å². The van der Waals surface area contributed by atoms with Crippen LogP contribution in [0.2, 0.25) is 0 Å². The molecule has 13 nitrogen and oxygen atoms in total. The first-order valence-electron chi connectivity index (χ1n) is 14.3. The number of nitrogen functional groups attached to an aromatic ring is 1. The second-order valence-corrected chi connectivity index (χ2v) is 12.2. The smallest absolute Gasteiger partial charge is 0.279 e. The monoisotopic (exact) mass is 706 g/mol. The number of nitrogens with one attached hydrogen (secondary N) is 2. The minimum atomic E-state index is -4.42. The zero-order chi connectivity index (χ0) is 35.7. The molecule has 0 bridgehead atoms. The molecule has 0 fully saturated rings. The molecule has 0 spiro atoms. The molecule has 254 valence electrons. The molecule has 0 aliphatic carbocycles. The summed E-state index contributed by atoms with van der Waals surface area (Å²) in [6.45, 7) is 0.577. The number of ether oxygens (including phenoxy) is 2. The molecule has 0 atom stereocenters. The fourth-order valence-corrected chi connectivity index (χ4v) is 5.84. The van der Waals surface area contributed by atoms with Gasteiger partial charge in [0.25, 0.3) is 16.4 Å². The van der Waals surface area contributed by atoms with Crippen molar-refractivity contribution in [1.29, 1.82) is 5.26 Å². The maximum Gasteiger partial charge on any atom is 0.279 e. The zero-order valence-corrected chi connectivity index (χ0v) is 26.3. The second-order valence-electron chi connectivity index (χ2n) is 10.5. The average Bonchev–Trinajstić information content (AvgIpc) is 3.68. The van der Waals surface area contributed by atoms with Gasteiger partial charge in [-0.2, -0.15) is 18.8 Å². The van der Waals surface area contributed by atoms with Crippen molar-refractivity contribution in [3.63, 3.8) is 0 Å². The summed E-state index contributed by atoms with van der Waals surface area (Å²) in [5, 5.41) is 13.1. The van der Waals surface area contributed by atoms with E-state index in [1.165, 1.54) is 59.5 Å². The molecule has 0 saturated carbocycles. The SMILES string of the molecule is Cc1cc(Oc2c(F)cccc2F)ncc1-n1ncc(C(=O)c2cc3cc(OCC(F)F)c(NS(=O)(=O)c4cccc(C#N)n4)cc3[nH]2)c1N. The van der Waals surface area contributed by atoms with Gasteiger partial charge < -0.3 is 20.2 Å². The van der Waals surface area contributed by atoms with E-state index in [0.29, 0.717) is 16.6 Å². The third-order valence-corrected chi connectivity index (χ3v) is 8.42. The molecule has 0 unspecified atom stereocenters. The third kappa shape index (κ3) is 6.61. The van der Waals surface area contributed by atoms with Gasteiger partial charge in [-0.1, -0.05) is 12.1 Å². The van der Waals surface area contributed by atoms with Gasteiger partial charge in [0.05, 0.1) is 35.0 Å². The van der Waals surface area contributed by atoms with E-state index >= 15 is 0 Å². The topological polar surface area (TPSA) is 191 Å². The molecule has 0 saturated heterocycles. The Labute approximate surface area is 280 Å². The lowest BCUT2D eigenvalue weighted by atomic mass is 10.1. The molecule has 0 radical (unpaired) electrons. The Hall–Kier alpha value is -6.48. The van der Waals surface area contributed by atoms with Crippen LogP contribution < -0.4 is 19.9 Å². The van der Waals surface area contributed by atoms with Gasteiger partial charge in [-0.3, -0.25) is 9.52 Å². The lowest BCUT2D eigenvalue weighted by Crippen LogP contribution is -2.16. The Morgan fingerprint density at radius 1 is 1.10 bits per heavy atom. The molecule has 4 heterocycles. The number of H-pyrrole nitrogens is 1. The number of aromatic nitrogens is 5. The Kier molecular flexibility index (Phi) is 8.82. The highest BCUT2D eigenvalue weighted by Gasteiger charge is 2.24. The van der Waals surface area contributed by atoms with Gasteiger partial charge in [0.2, 0.25) is 17.4 Å². The van der Waals surface area contributed by atoms with Crippen LogP contribution in [-0.2, 0) is 10.0 Å². The summed E-state index contributed by atoms with van der Waals surface area (Å²) >= 11 is 0. The number of benzene rings is 2. The Bertz CT molecular complexity index is 2420. The number of fused-ring (bicyclic) bond motifs is 1. The molecule has 4 aromatic heterocycles. The zero-order valence-electron chi connectivity index (χ0n) is 25.5. The fraction of sp³-hybridized carbons (Fsp3) is 0.0938. The normalized spacial score (nSPS) is 11.5. The van der Waals surface area contributed by atoms with Crippen molar-refractivity contribution < 1.29 is 40.2 Å². The summed E-state index contributed by atoms with van der Waals surface area (Å²) in [6, 6.07) is 14.1. The van der Waals surface area contributed by atoms with Crippen molar-refractivity contribution in [3.05, 3.63) is 107 Å².